The Balaban J connectivity index is 1.29. The number of thioether (sulfide) groups is 1. The number of carbonyl (C=O) groups is 1. The number of piperazine rings is 1. The molecule has 0 unspecified atom stereocenters. The first-order valence-electron chi connectivity index (χ1n) is 11.5. The molecule has 34 heavy (non-hydrogen) atoms. The van der Waals surface area contributed by atoms with E-state index in [4.69, 9.17) is 4.98 Å². The zero-order valence-corrected chi connectivity index (χ0v) is 20.0. The Bertz CT molecular complexity index is 1230. The molecule has 0 spiro atoms. The lowest BCUT2D eigenvalue weighted by atomic mass is 10.1. The van der Waals surface area contributed by atoms with E-state index in [9.17, 15) is 4.79 Å². The number of hydrogen-bond donors (Lipinski definition) is 0. The maximum absolute atomic E-state index is 13.0. The van der Waals surface area contributed by atoms with E-state index >= 15 is 0 Å². The SMILES string of the molecule is Cc1ccc(-c2cnc(SCC(=O)N3CCN(c4ccccn4)CC3)n2-c2ccccc2)cc1. The molecule has 172 valence electrons. The molecule has 0 saturated carbocycles. The lowest BCUT2D eigenvalue weighted by Crippen LogP contribution is -2.49. The van der Waals surface area contributed by atoms with Crippen LogP contribution in [0.15, 0.2) is 90.3 Å². The zero-order valence-electron chi connectivity index (χ0n) is 19.2. The van der Waals surface area contributed by atoms with E-state index in [-0.39, 0.29) is 5.91 Å². The van der Waals surface area contributed by atoms with Crippen molar-refractivity contribution in [2.75, 3.05) is 36.8 Å². The largest absolute Gasteiger partial charge is 0.353 e. The molecule has 0 atom stereocenters. The number of para-hydroxylation sites is 1. The lowest BCUT2D eigenvalue weighted by Gasteiger charge is -2.35. The van der Waals surface area contributed by atoms with Crippen molar-refractivity contribution in [1.29, 1.82) is 0 Å². The summed E-state index contributed by atoms with van der Waals surface area (Å²) in [5.74, 6) is 1.48. The molecule has 5 rings (SSSR count). The smallest absolute Gasteiger partial charge is 0.233 e. The van der Waals surface area contributed by atoms with Gasteiger partial charge in [-0.25, -0.2) is 9.97 Å². The molecule has 0 bridgehead atoms. The Kier molecular flexibility index (Phi) is 6.62. The molecule has 4 aromatic rings. The molecule has 1 aliphatic rings. The number of anilines is 1. The molecule has 0 N–H and O–H groups in total. The number of nitrogens with zero attached hydrogens (tertiary/aromatic N) is 5. The van der Waals surface area contributed by atoms with E-state index < -0.39 is 0 Å². The van der Waals surface area contributed by atoms with Crippen LogP contribution in [-0.2, 0) is 4.79 Å². The number of benzene rings is 2. The van der Waals surface area contributed by atoms with Crippen LogP contribution in [0.25, 0.3) is 16.9 Å². The predicted molar refractivity (Wildman–Crippen MR) is 137 cm³/mol. The Morgan fingerprint density at radius 3 is 2.32 bits per heavy atom. The molecule has 1 amide bonds. The Morgan fingerprint density at radius 2 is 1.62 bits per heavy atom. The van der Waals surface area contributed by atoms with Crippen LogP contribution in [0.4, 0.5) is 5.82 Å². The van der Waals surface area contributed by atoms with Crippen molar-refractivity contribution < 1.29 is 4.79 Å². The van der Waals surface area contributed by atoms with Gasteiger partial charge in [0.25, 0.3) is 0 Å². The number of rotatable bonds is 6. The summed E-state index contributed by atoms with van der Waals surface area (Å²) >= 11 is 1.49. The van der Waals surface area contributed by atoms with Gasteiger partial charge in [-0.3, -0.25) is 9.36 Å². The van der Waals surface area contributed by atoms with Crippen LogP contribution in [0.5, 0.6) is 0 Å². The molecule has 1 saturated heterocycles. The van der Waals surface area contributed by atoms with E-state index in [0.29, 0.717) is 18.8 Å². The number of imidazole rings is 1. The summed E-state index contributed by atoms with van der Waals surface area (Å²) in [4.78, 5) is 26.3. The van der Waals surface area contributed by atoms with Crippen LogP contribution in [0, 0.1) is 6.92 Å². The van der Waals surface area contributed by atoms with Crippen LogP contribution in [0.2, 0.25) is 0 Å². The molecule has 1 aliphatic heterocycles. The number of hydrogen-bond acceptors (Lipinski definition) is 5. The first kappa shape index (κ1) is 22.2. The van der Waals surface area contributed by atoms with E-state index in [1.807, 2.05) is 53.7 Å². The van der Waals surface area contributed by atoms with Crippen molar-refractivity contribution >= 4 is 23.5 Å². The molecule has 1 fully saturated rings. The second kappa shape index (κ2) is 10.1. The minimum Gasteiger partial charge on any atom is -0.353 e. The Hall–Kier alpha value is -3.58. The van der Waals surface area contributed by atoms with Gasteiger partial charge in [-0.15, -0.1) is 0 Å². The van der Waals surface area contributed by atoms with Gasteiger partial charge in [0.05, 0.1) is 17.6 Å². The zero-order chi connectivity index (χ0) is 23.3. The fraction of sp³-hybridized carbons (Fsp3) is 0.222. The molecule has 0 aliphatic carbocycles. The molecule has 2 aromatic heterocycles. The highest BCUT2D eigenvalue weighted by Crippen LogP contribution is 2.30. The molecule has 0 radical (unpaired) electrons. The third-order valence-electron chi connectivity index (χ3n) is 6.02. The van der Waals surface area contributed by atoms with Crippen LogP contribution in [0.3, 0.4) is 0 Å². The fourth-order valence-electron chi connectivity index (χ4n) is 4.13. The summed E-state index contributed by atoms with van der Waals surface area (Å²) in [6.45, 7) is 5.09. The molecular formula is C27H27N5OS. The maximum atomic E-state index is 13.0. The topological polar surface area (TPSA) is 54.3 Å². The van der Waals surface area contributed by atoms with Crippen LogP contribution in [-0.4, -0.2) is 57.3 Å². The summed E-state index contributed by atoms with van der Waals surface area (Å²) in [6, 6.07) is 24.6. The van der Waals surface area contributed by atoms with Crippen LogP contribution < -0.4 is 4.90 Å². The monoisotopic (exact) mass is 469 g/mol. The molecule has 7 heteroatoms. The Labute approximate surface area is 204 Å². The second-order valence-electron chi connectivity index (χ2n) is 8.31. The van der Waals surface area contributed by atoms with Gasteiger partial charge in [-0.2, -0.15) is 0 Å². The first-order chi connectivity index (χ1) is 16.7. The van der Waals surface area contributed by atoms with Crippen molar-refractivity contribution in [2.45, 2.75) is 12.1 Å². The van der Waals surface area contributed by atoms with Crippen LogP contribution >= 0.6 is 11.8 Å². The van der Waals surface area contributed by atoms with Gasteiger partial charge in [-0.05, 0) is 31.2 Å². The van der Waals surface area contributed by atoms with E-state index in [1.165, 1.54) is 17.3 Å². The second-order valence-corrected chi connectivity index (χ2v) is 9.25. The van der Waals surface area contributed by atoms with Gasteiger partial charge < -0.3 is 9.80 Å². The number of aromatic nitrogens is 3. The number of carbonyl (C=O) groups excluding carboxylic acids is 1. The summed E-state index contributed by atoms with van der Waals surface area (Å²) in [5, 5.41) is 0.822. The summed E-state index contributed by atoms with van der Waals surface area (Å²) in [6.07, 6.45) is 3.71. The highest BCUT2D eigenvalue weighted by Gasteiger charge is 2.23. The van der Waals surface area contributed by atoms with Crippen molar-refractivity contribution in [2.24, 2.45) is 0 Å². The Morgan fingerprint density at radius 1 is 0.882 bits per heavy atom. The minimum absolute atomic E-state index is 0.144. The summed E-state index contributed by atoms with van der Waals surface area (Å²) in [5.41, 5.74) is 4.38. The van der Waals surface area contributed by atoms with E-state index in [2.05, 4.69) is 57.8 Å². The van der Waals surface area contributed by atoms with Crippen molar-refractivity contribution in [3.05, 3.63) is 90.8 Å². The molecule has 3 heterocycles. The van der Waals surface area contributed by atoms with Gasteiger partial charge in [0.1, 0.15) is 5.82 Å². The van der Waals surface area contributed by atoms with Crippen molar-refractivity contribution in [3.8, 4) is 16.9 Å². The molecular weight excluding hydrogens is 442 g/mol. The first-order valence-corrected chi connectivity index (χ1v) is 12.4. The van der Waals surface area contributed by atoms with E-state index in [1.54, 1.807) is 0 Å². The van der Waals surface area contributed by atoms with Gasteiger partial charge in [-0.1, -0.05) is 65.9 Å². The molecule has 6 nitrogen and oxygen atoms in total. The van der Waals surface area contributed by atoms with Crippen molar-refractivity contribution in [1.82, 2.24) is 19.4 Å². The average Bonchev–Trinajstić information content (AvgIpc) is 3.33. The highest BCUT2D eigenvalue weighted by atomic mass is 32.2. The average molecular weight is 470 g/mol. The quantitative estimate of drug-likeness (QED) is 0.384. The van der Waals surface area contributed by atoms with Crippen molar-refractivity contribution in [3.63, 3.8) is 0 Å². The van der Waals surface area contributed by atoms with Gasteiger partial charge in [0.15, 0.2) is 5.16 Å². The summed E-state index contributed by atoms with van der Waals surface area (Å²) in [7, 11) is 0. The maximum Gasteiger partial charge on any atom is 0.233 e. The van der Waals surface area contributed by atoms with Crippen LogP contribution in [0.1, 0.15) is 5.56 Å². The lowest BCUT2D eigenvalue weighted by molar-refractivity contribution is -0.128. The fourth-order valence-corrected chi connectivity index (χ4v) is 5.03. The normalized spacial score (nSPS) is 13.8. The summed E-state index contributed by atoms with van der Waals surface area (Å²) < 4.78 is 2.14. The van der Waals surface area contributed by atoms with E-state index in [0.717, 1.165) is 41.0 Å². The van der Waals surface area contributed by atoms with Gasteiger partial charge in [0.2, 0.25) is 5.91 Å². The minimum atomic E-state index is 0.144. The number of aryl methyl sites for hydroxylation is 1. The predicted octanol–water partition coefficient (Wildman–Crippen LogP) is 4.68. The molecule has 2 aromatic carbocycles. The highest BCUT2D eigenvalue weighted by molar-refractivity contribution is 7.99. The number of pyridine rings is 1. The third-order valence-corrected chi connectivity index (χ3v) is 6.96. The third kappa shape index (κ3) is 4.84. The number of amides is 1. The van der Waals surface area contributed by atoms with Gasteiger partial charge >= 0.3 is 0 Å². The standard InChI is InChI=1S/C27H27N5OS/c1-21-10-12-22(13-11-21)24-19-29-27(32(24)23-7-3-2-4-8-23)34-20-26(33)31-17-15-30(16-18-31)25-9-5-6-14-28-25/h2-14,19H,15-18,20H2,1H3. The van der Waals surface area contributed by atoms with Gasteiger partial charge in [0, 0.05) is 43.6 Å².